The molecule has 0 radical (unpaired) electrons. The van der Waals surface area contributed by atoms with Gasteiger partial charge in [0, 0.05) is 45.3 Å². The number of aromatic nitrogens is 1. The molecule has 2 aromatic rings. The van der Waals surface area contributed by atoms with Crippen LogP contribution in [0.2, 0.25) is 0 Å². The standard InChI is InChI=1S/C17H22N4O2/c1-20(2)16-9-4-13(12-18-16)17(23)19-14-5-7-15(8-6-14)21(3)10-11-22/h4-9,12,22H,10-11H2,1-3H3,(H,19,23). The molecule has 6 nitrogen and oxygen atoms in total. The second kappa shape index (κ2) is 7.60. The molecule has 1 heterocycles. The Morgan fingerprint density at radius 1 is 1.13 bits per heavy atom. The van der Waals surface area contributed by atoms with Crippen molar-refractivity contribution in [3.05, 3.63) is 48.2 Å². The van der Waals surface area contributed by atoms with Crippen molar-refractivity contribution >= 4 is 23.1 Å². The van der Waals surface area contributed by atoms with Crippen LogP contribution in [-0.4, -0.2) is 50.3 Å². The third-order valence-corrected chi connectivity index (χ3v) is 3.47. The molecule has 23 heavy (non-hydrogen) atoms. The topological polar surface area (TPSA) is 68.7 Å². The number of hydrogen-bond acceptors (Lipinski definition) is 5. The monoisotopic (exact) mass is 314 g/mol. The van der Waals surface area contributed by atoms with Crippen LogP contribution in [0.15, 0.2) is 42.6 Å². The maximum atomic E-state index is 12.2. The van der Waals surface area contributed by atoms with Crippen LogP contribution in [0.5, 0.6) is 0 Å². The van der Waals surface area contributed by atoms with Crippen molar-refractivity contribution in [2.24, 2.45) is 0 Å². The zero-order valence-electron chi connectivity index (χ0n) is 13.7. The van der Waals surface area contributed by atoms with E-state index in [4.69, 9.17) is 5.11 Å². The van der Waals surface area contributed by atoms with Crippen molar-refractivity contribution in [3.63, 3.8) is 0 Å². The molecule has 2 N–H and O–H groups in total. The van der Waals surface area contributed by atoms with Gasteiger partial charge in [0.1, 0.15) is 5.82 Å². The predicted molar refractivity (Wildman–Crippen MR) is 93.3 cm³/mol. The number of hydrogen-bond donors (Lipinski definition) is 2. The molecule has 0 aliphatic rings. The molecule has 0 fully saturated rings. The number of nitrogens with one attached hydrogen (secondary N) is 1. The van der Waals surface area contributed by atoms with Gasteiger partial charge in [0.25, 0.3) is 5.91 Å². The fourth-order valence-corrected chi connectivity index (χ4v) is 2.07. The van der Waals surface area contributed by atoms with Crippen LogP contribution < -0.4 is 15.1 Å². The summed E-state index contributed by atoms with van der Waals surface area (Å²) in [6, 6.07) is 11.0. The minimum absolute atomic E-state index is 0.102. The van der Waals surface area contributed by atoms with Gasteiger partial charge in [-0.2, -0.15) is 0 Å². The lowest BCUT2D eigenvalue weighted by Crippen LogP contribution is -2.21. The summed E-state index contributed by atoms with van der Waals surface area (Å²) in [7, 11) is 5.71. The van der Waals surface area contributed by atoms with Crippen LogP contribution in [0.1, 0.15) is 10.4 Å². The lowest BCUT2D eigenvalue weighted by molar-refractivity contribution is 0.102. The number of aliphatic hydroxyl groups excluding tert-OH is 1. The van der Waals surface area contributed by atoms with Gasteiger partial charge in [-0.1, -0.05) is 0 Å². The number of amides is 1. The molecule has 2 rings (SSSR count). The second-order valence-electron chi connectivity index (χ2n) is 5.45. The first-order valence-corrected chi connectivity index (χ1v) is 7.38. The summed E-state index contributed by atoms with van der Waals surface area (Å²) in [6.07, 6.45) is 1.56. The zero-order valence-corrected chi connectivity index (χ0v) is 13.7. The number of carbonyl (C=O) groups is 1. The maximum absolute atomic E-state index is 12.2. The Bertz CT molecular complexity index is 639. The molecule has 0 bridgehead atoms. The van der Waals surface area contributed by atoms with E-state index in [9.17, 15) is 4.79 Å². The predicted octanol–water partition coefficient (Wildman–Crippen LogP) is 1.83. The lowest BCUT2D eigenvalue weighted by Gasteiger charge is -2.18. The van der Waals surface area contributed by atoms with Gasteiger partial charge in [0.15, 0.2) is 0 Å². The van der Waals surface area contributed by atoms with Crippen LogP contribution in [0.25, 0.3) is 0 Å². The highest BCUT2D eigenvalue weighted by Crippen LogP contribution is 2.17. The van der Waals surface area contributed by atoms with E-state index in [1.165, 1.54) is 0 Å². The fourth-order valence-electron chi connectivity index (χ4n) is 2.07. The first-order chi connectivity index (χ1) is 11.0. The van der Waals surface area contributed by atoms with Crippen molar-refractivity contribution in [2.45, 2.75) is 0 Å². The zero-order chi connectivity index (χ0) is 16.8. The van der Waals surface area contributed by atoms with Gasteiger partial charge < -0.3 is 20.2 Å². The molecule has 1 aromatic heterocycles. The Kier molecular flexibility index (Phi) is 5.54. The number of nitrogens with zero attached hydrogens (tertiary/aromatic N) is 3. The number of anilines is 3. The summed E-state index contributed by atoms with van der Waals surface area (Å²) in [5.41, 5.74) is 2.21. The third kappa shape index (κ3) is 4.43. The number of carbonyl (C=O) groups excluding carboxylic acids is 1. The van der Waals surface area contributed by atoms with Gasteiger partial charge >= 0.3 is 0 Å². The summed E-state index contributed by atoms with van der Waals surface area (Å²) in [6.45, 7) is 0.667. The molecule has 0 aliphatic carbocycles. The van der Waals surface area contributed by atoms with E-state index in [-0.39, 0.29) is 12.5 Å². The molecule has 122 valence electrons. The van der Waals surface area contributed by atoms with Crippen molar-refractivity contribution in [1.29, 1.82) is 0 Å². The van der Waals surface area contributed by atoms with Crippen molar-refractivity contribution < 1.29 is 9.90 Å². The molecule has 0 aliphatic heterocycles. The van der Waals surface area contributed by atoms with E-state index < -0.39 is 0 Å². The Labute approximate surface area is 136 Å². The van der Waals surface area contributed by atoms with Crippen molar-refractivity contribution in [2.75, 3.05) is 49.4 Å². The van der Waals surface area contributed by atoms with Gasteiger partial charge in [-0.3, -0.25) is 4.79 Å². The molecule has 6 heteroatoms. The molecule has 0 saturated heterocycles. The SMILES string of the molecule is CN(C)c1ccc(C(=O)Nc2ccc(N(C)CCO)cc2)cn1. The van der Waals surface area contributed by atoms with Crippen LogP contribution in [0.4, 0.5) is 17.2 Å². The summed E-state index contributed by atoms with van der Waals surface area (Å²) in [5.74, 6) is 0.608. The van der Waals surface area contributed by atoms with E-state index in [0.717, 1.165) is 11.5 Å². The van der Waals surface area contributed by atoms with Crippen LogP contribution in [-0.2, 0) is 0 Å². The Morgan fingerprint density at radius 2 is 1.83 bits per heavy atom. The lowest BCUT2D eigenvalue weighted by atomic mass is 10.2. The van der Waals surface area contributed by atoms with Gasteiger partial charge in [-0.05, 0) is 36.4 Å². The molecule has 0 unspecified atom stereocenters. The summed E-state index contributed by atoms with van der Waals surface area (Å²) < 4.78 is 0. The molecule has 1 amide bonds. The highest BCUT2D eigenvalue weighted by Gasteiger charge is 2.08. The first kappa shape index (κ1) is 16.8. The Balaban J connectivity index is 2.02. The van der Waals surface area contributed by atoms with E-state index in [1.807, 2.05) is 61.3 Å². The average Bonchev–Trinajstić information content (AvgIpc) is 2.55. The van der Waals surface area contributed by atoms with Crippen LogP contribution in [0.3, 0.4) is 0 Å². The Hall–Kier alpha value is -2.60. The minimum atomic E-state index is -0.195. The summed E-state index contributed by atoms with van der Waals surface area (Å²) in [5, 5.41) is 11.8. The minimum Gasteiger partial charge on any atom is -0.395 e. The average molecular weight is 314 g/mol. The number of pyridine rings is 1. The summed E-state index contributed by atoms with van der Waals surface area (Å²) in [4.78, 5) is 20.3. The van der Waals surface area contributed by atoms with Gasteiger partial charge in [0.2, 0.25) is 0 Å². The highest BCUT2D eigenvalue weighted by atomic mass is 16.3. The first-order valence-electron chi connectivity index (χ1n) is 7.38. The smallest absolute Gasteiger partial charge is 0.257 e. The molecular formula is C17H22N4O2. The molecule has 0 spiro atoms. The van der Waals surface area contributed by atoms with Gasteiger partial charge in [0.05, 0.1) is 12.2 Å². The van der Waals surface area contributed by atoms with E-state index >= 15 is 0 Å². The van der Waals surface area contributed by atoms with Crippen molar-refractivity contribution in [3.8, 4) is 0 Å². The normalized spacial score (nSPS) is 10.3. The number of likely N-dealkylation sites (N-methyl/N-ethyl adjacent to an activating group) is 1. The summed E-state index contributed by atoms with van der Waals surface area (Å²) >= 11 is 0. The van der Waals surface area contributed by atoms with Gasteiger partial charge in [-0.25, -0.2) is 4.98 Å². The second-order valence-corrected chi connectivity index (χ2v) is 5.45. The van der Waals surface area contributed by atoms with E-state index in [2.05, 4.69) is 10.3 Å². The Morgan fingerprint density at radius 3 is 2.35 bits per heavy atom. The number of rotatable bonds is 6. The molecular weight excluding hydrogens is 292 g/mol. The number of aliphatic hydroxyl groups is 1. The van der Waals surface area contributed by atoms with Gasteiger partial charge in [-0.15, -0.1) is 0 Å². The molecule has 0 atom stereocenters. The number of benzene rings is 1. The molecule has 0 saturated carbocycles. The van der Waals surface area contributed by atoms with Crippen molar-refractivity contribution in [1.82, 2.24) is 4.98 Å². The third-order valence-electron chi connectivity index (χ3n) is 3.47. The van der Waals surface area contributed by atoms with E-state index in [0.29, 0.717) is 17.8 Å². The quantitative estimate of drug-likeness (QED) is 0.851. The molecule has 1 aromatic carbocycles. The highest BCUT2D eigenvalue weighted by molar-refractivity contribution is 6.04. The maximum Gasteiger partial charge on any atom is 0.257 e. The van der Waals surface area contributed by atoms with E-state index in [1.54, 1.807) is 12.3 Å². The van der Waals surface area contributed by atoms with Crippen LogP contribution in [0, 0.1) is 0 Å². The largest absolute Gasteiger partial charge is 0.395 e. The fraction of sp³-hybridized carbons (Fsp3) is 0.294. The van der Waals surface area contributed by atoms with Crippen LogP contribution >= 0.6 is 0 Å².